The van der Waals surface area contributed by atoms with Gasteiger partial charge in [-0.25, -0.2) is 0 Å². The lowest BCUT2D eigenvalue weighted by atomic mass is 10.1. The SMILES string of the molecule is N=CC(=C/S)/C(O)=C/c1ccc(Cl)cc1. The van der Waals surface area contributed by atoms with Crippen LogP contribution in [0.5, 0.6) is 0 Å². The van der Waals surface area contributed by atoms with Gasteiger partial charge in [0.25, 0.3) is 0 Å². The third-order valence-corrected chi connectivity index (χ3v) is 2.29. The van der Waals surface area contributed by atoms with Gasteiger partial charge in [-0.2, -0.15) is 12.6 Å². The van der Waals surface area contributed by atoms with Gasteiger partial charge in [0.1, 0.15) is 5.76 Å². The lowest BCUT2D eigenvalue weighted by molar-refractivity contribution is 0.434. The molecule has 15 heavy (non-hydrogen) atoms. The molecule has 0 spiro atoms. The van der Waals surface area contributed by atoms with Crippen molar-refractivity contribution in [3.63, 3.8) is 0 Å². The van der Waals surface area contributed by atoms with Gasteiger partial charge in [-0.15, -0.1) is 0 Å². The quantitative estimate of drug-likeness (QED) is 0.320. The minimum atomic E-state index is 0.00215. The Bertz CT molecular complexity index is 409. The lowest BCUT2D eigenvalue weighted by Crippen LogP contribution is -1.88. The summed E-state index contributed by atoms with van der Waals surface area (Å²) in [6.07, 6.45) is 2.58. The van der Waals surface area contributed by atoms with Gasteiger partial charge < -0.3 is 10.5 Å². The van der Waals surface area contributed by atoms with E-state index in [-0.39, 0.29) is 5.76 Å². The molecule has 0 amide bonds. The molecule has 0 aromatic heterocycles. The van der Waals surface area contributed by atoms with Crippen LogP contribution in [0.25, 0.3) is 6.08 Å². The molecule has 4 heteroatoms. The Kier molecular flexibility index (Phi) is 4.46. The van der Waals surface area contributed by atoms with Gasteiger partial charge >= 0.3 is 0 Å². The highest BCUT2D eigenvalue weighted by Crippen LogP contribution is 2.14. The van der Waals surface area contributed by atoms with Crippen LogP contribution in [0.2, 0.25) is 5.02 Å². The smallest absolute Gasteiger partial charge is 0.125 e. The lowest BCUT2D eigenvalue weighted by Gasteiger charge is -1.99. The molecule has 1 aromatic carbocycles. The monoisotopic (exact) mass is 239 g/mol. The summed E-state index contributed by atoms with van der Waals surface area (Å²) in [4.78, 5) is 0. The number of hydrogen-bond donors (Lipinski definition) is 3. The van der Waals surface area contributed by atoms with E-state index in [0.717, 1.165) is 11.8 Å². The first-order chi connectivity index (χ1) is 7.17. The van der Waals surface area contributed by atoms with E-state index in [1.54, 1.807) is 30.3 Å². The van der Waals surface area contributed by atoms with Gasteiger partial charge in [0.05, 0.1) is 0 Å². The van der Waals surface area contributed by atoms with Crippen LogP contribution >= 0.6 is 24.2 Å². The van der Waals surface area contributed by atoms with Crippen molar-refractivity contribution in [2.24, 2.45) is 0 Å². The van der Waals surface area contributed by atoms with E-state index in [0.29, 0.717) is 10.6 Å². The zero-order valence-corrected chi connectivity index (χ0v) is 9.46. The minimum Gasteiger partial charge on any atom is -0.507 e. The molecule has 0 aliphatic rings. The minimum absolute atomic E-state index is 0.00215. The van der Waals surface area contributed by atoms with Gasteiger partial charge in [0.2, 0.25) is 0 Å². The summed E-state index contributed by atoms with van der Waals surface area (Å²) in [5.41, 5.74) is 1.17. The van der Waals surface area contributed by atoms with Gasteiger partial charge in [0, 0.05) is 16.8 Å². The number of nitrogens with one attached hydrogen (secondary N) is 1. The van der Waals surface area contributed by atoms with Crippen LogP contribution in [0.1, 0.15) is 5.56 Å². The molecule has 1 rings (SSSR count). The maximum atomic E-state index is 9.59. The molecule has 0 atom stereocenters. The van der Waals surface area contributed by atoms with Crippen LogP contribution in [-0.2, 0) is 0 Å². The first-order valence-electron chi connectivity index (χ1n) is 4.19. The molecule has 2 N–H and O–H groups in total. The molecule has 0 aliphatic heterocycles. The number of rotatable bonds is 3. The number of thiol groups is 1. The Balaban J connectivity index is 2.96. The van der Waals surface area contributed by atoms with E-state index in [2.05, 4.69) is 12.6 Å². The molecule has 0 fully saturated rings. The van der Waals surface area contributed by atoms with Crippen molar-refractivity contribution in [1.82, 2.24) is 0 Å². The van der Waals surface area contributed by atoms with Gasteiger partial charge in [-0.05, 0) is 29.2 Å². The largest absolute Gasteiger partial charge is 0.507 e. The molecule has 0 unspecified atom stereocenters. The van der Waals surface area contributed by atoms with Crippen LogP contribution in [0.3, 0.4) is 0 Å². The summed E-state index contributed by atoms with van der Waals surface area (Å²) in [5.74, 6) is 0.00215. The Morgan fingerprint density at radius 1 is 1.33 bits per heavy atom. The second-order valence-corrected chi connectivity index (χ2v) is 3.50. The highest BCUT2D eigenvalue weighted by Gasteiger charge is 1.98. The second kappa shape index (κ2) is 5.63. The van der Waals surface area contributed by atoms with E-state index in [1.165, 1.54) is 5.41 Å². The second-order valence-electron chi connectivity index (χ2n) is 2.81. The molecular weight excluding hydrogens is 230 g/mol. The van der Waals surface area contributed by atoms with Crippen molar-refractivity contribution < 1.29 is 5.11 Å². The fourth-order valence-corrected chi connectivity index (χ4v) is 1.31. The maximum absolute atomic E-state index is 9.59. The molecule has 0 aliphatic carbocycles. The van der Waals surface area contributed by atoms with Crippen LogP contribution < -0.4 is 0 Å². The average molecular weight is 240 g/mol. The predicted molar refractivity (Wildman–Crippen MR) is 67.9 cm³/mol. The molecule has 0 saturated carbocycles. The molecule has 0 heterocycles. The maximum Gasteiger partial charge on any atom is 0.125 e. The molecule has 0 radical (unpaired) electrons. The van der Waals surface area contributed by atoms with Crippen molar-refractivity contribution >= 4 is 36.5 Å². The number of hydrogen-bond acceptors (Lipinski definition) is 3. The number of halogens is 1. The Hall–Kier alpha value is -1.19. The summed E-state index contributed by atoms with van der Waals surface area (Å²) < 4.78 is 0. The van der Waals surface area contributed by atoms with Crippen molar-refractivity contribution in [3.05, 3.63) is 51.6 Å². The molecule has 0 bridgehead atoms. The average Bonchev–Trinajstić information content (AvgIpc) is 2.23. The fraction of sp³-hybridized carbons (Fsp3) is 0. The number of aliphatic hydroxyl groups excluding tert-OH is 1. The first kappa shape index (κ1) is 11.9. The summed E-state index contributed by atoms with van der Waals surface area (Å²) in [5, 5.41) is 18.6. The third kappa shape index (κ3) is 3.46. The Morgan fingerprint density at radius 2 is 1.93 bits per heavy atom. The highest BCUT2D eigenvalue weighted by atomic mass is 35.5. The highest BCUT2D eigenvalue weighted by molar-refractivity contribution is 7.83. The summed E-state index contributed by atoms with van der Waals surface area (Å²) >= 11 is 9.60. The standard InChI is InChI=1S/C11H10ClNOS/c12-10-3-1-8(2-4-10)5-11(14)9(6-13)7-15/h1-7,13-15H/b9-7-,11-5-,13-6?. The predicted octanol–water partition coefficient (Wildman–Crippen LogP) is 3.70. The van der Waals surface area contributed by atoms with E-state index in [1.807, 2.05) is 0 Å². The number of benzene rings is 1. The molecular formula is C11H10ClNOS. The van der Waals surface area contributed by atoms with Crippen molar-refractivity contribution in [1.29, 1.82) is 5.41 Å². The molecule has 78 valence electrons. The number of allylic oxidation sites excluding steroid dienone is 1. The Labute approximate surface area is 98.8 Å². The van der Waals surface area contributed by atoms with Crippen molar-refractivity contribution in [2.45, 2.75) is 0 Å². The van der Waals surface area contributed by atoms with E-state index < -0.39 is 0 Å². The zero-order valence-electron chi connectivity index (χ0n) is 7.81. The van der Waals surface area contributed by atoms with Crippen LogP contribution in [0.15, 0.2) is 41.0 Å². The van der Waals surface area contributed by atoms with Crippen molar-refractivity contribution in [2.75, 3.05) is 0 Å². The summed E-state index contributed by atoms with van der Waals surface area (Å²) in [7, 11) is 0. The van der Waals surface area contributed by atoms with Gasteiger partial charge in [-0.3, -0.25) is 0 Å². The fourth-order valence-electron chi connectivity index (χ4n) is 0.978. The van der Waals surface area contributed by atoms with Gasteiger partial charge in [0.15, 0.2) is 0 Å². The Morgan fingerprint density at radius 3 is 2.40 bits per heavy atom. The van der Waals surface area contributed by atoms with Crippen molar-refractivity contribution in [3.8, 4) is 0 Å². The normalized spacial score (nSPS) is 12.7. The number of aliphatic hydroxyl groups is 1. The molecule has 0 saturated heterocycles. The summed E-state index contributed by atoms with van der Waals surface area (Å²) in [6, 6.07) is 7.02. The van der Waals surface area contributed by atoms with E-state index >= 15 is 0 Å². The zero-order chi connectivity index (χ0) is 11.3. The van der Waals surface area contributed by atoms with Crippen LogP contribution in [0, 0.1) is 5.41 Å². The summed E-state index contributed by atoms with van der Waals surface area (Å²) in [6.45, 7) is 0. The third-order valence-electron chi connectivity index (χ3n) is 1.76. The molecule has 1 aromatic rings. The van der Waals surface area contributed by atoms with E-state index in [9.17, 15) is 5.11 Å². The van der Waals surface area contributed by atoms with Crippen LogP contribution in [-0.4, -0.2) is 11.3 Å². The molecule has 2 nitrogen and oxygen atoms in total. The van der Waals surface area contributed by atoms with Gasteiger partial charge in [-0.1, -0.05) is 23.7 Å². The van der Waals surface area contributed by atoms with E-state index in [4.69, 9.17) is 17.0 Å². The van der Waals surface area contributed by atoms with Crippen LogP contribution in [0.4, 0.5) is 0 Å². The topological polar surface area (TPSA) is 44.1 Å². The first-order valence-corrected chi connectivity index (χ1v) is 5.08.